The first-order chi connectivity index (χ1) is 8.43. The number of hydrogen-bond acceptors (Lipinski definition) is 2. The molecule has 0 bridgehead atoms. The van der Waals surface area contributed by atoms with Gasteiger partial charge < -0.3 is 5.11 Å². The summed E-state index contributed by atoms with van der Waals surface area (Å²) in [6.45, 7) is 0. The molecule has 106 valence electrons. The van der Waals surface area contributed by atoms with E-state index in [1.165, 1.54) is 0 Å². The van der Waals surface area contributed by atoms with Crippen molar-refractivity contribution in [1.82, 2.24) is 0 Å². The van der Waals surface area contributed by atoms with Crippen molar-refractivity contribution < 1.29 is 40.5 Å². The third-order valence-electron chi connectivity index (χ3n) is 1.91. The maximum Gasteiger partial charge on any atom is 0.475 e. The Balaban J connectivity index is 3.46. The van der Waals surface area contributed by atoms with Crippen LogP contribution in [0.5, 0.6) is 0 Å². The molecule has 0 amide bonds. The molecule has 0 aliphatic heterocycles. The third-order valence-corrected chi connectivity index (χ3v) is 2.99. The van der Waals surface area contributed by atoms with Gasteiger partial charge in [0.15, 0.2) is 10.8 Å². The molecule has 0 spiro atoms. The van der Waals surface area contributed by atoms with E-state index >= 15 is 0 Å². The van der Waals surface area contributed by atoms with Gasteiger partial charge in [0.1, 0.15) is 0 Å². The van der Waals surface area contributed by atoms with Gasteiger partial charge in [-0.25, -0.2) is 9.00 Å². The van der Waals surface area contributed by atoms with Crippen LogP contribution in [0.4, 0.5) is 26.3 Å². The predicted octanol–water partition coefficient (Wildman–Crippen LogP) is 3.03. The summed E-state index contributed by atoms with van der Waals surface area (Å²) in [5.41, 5.74) is -7.91. The Bertz CT molecular complexity index is 534. The van der Waals surface area contributed by atoms with Gasteiger partial charge in [0, 0.05) is 4.90 Å². The van der Waals surface area contributed by atoms with E-state index in [0.717, 1.165) is 0 Å². The van der Waals surface area contributed by atoms with Gasteiger partial charge >= 0.3 is 17.7 Å². The molecule has 0 saturated carbocycles. The maximum atomic E-state index is 12.4. The van der Waals surface area contributed by atoms with Crippen molar-refractivity contribution in [2.45, 2.75) is 16.6 Å². The first-order valence-corrected chi connectivity index (χ1v) is 5.52. The van der Waals surface area contributed by atoms with Crippen molar-refractivity contribution >= 4 is 16.8 Å². The molecule has 0 saturated heterocycles. The Hall–Kier alpha value is -1.58. The Kier molecular flexibility index (Phi) is 3.94. The summed E-state index contributed by atoms with van der Waals surface area (Å²) < 4.78 is 84.6. The lowest BCUT2D eigenvalue weighted by molar-refractivity contribution is -0.137. The maximum absolute atomic E-state index is 12.4. The van der Waals surface area contributed by atoms with Crippen molar-refractivity contribution in [3.63, 3.8) is 0 Å². The largest absolute Gasteiger partial charge is 0.478 e. The monoisotopic (exact) mass is 306 g/mol. The first kappa shape index (κ1) is 15.5. The van der Waals surface area contributed by atoms with Gasteiger partial charge in [0.05, 0.1) is 11.1 Å². The molecule has 1 aromatic carbocycles. The predicted molar refractivity (Wildman–Crippen MR) is 50.9 cm³/mol. The number of benzene rings is 1. The van der Waals surface area contributed by atoms with Crippen LogP contribution in [0.3, 0.4) is 0 Å². The molecule has 0 radical (unpaired) electrons. The number of carboxylic acids is 1. The fourth-order valence-corrected chi connectivity index (χ4v) is 1.86. The Morgan fingerprint density at radius 3 is 1.95 bits per heavy atom. The molecule has 1 N–H and O–H groups in total. The van der Waals surface area contributed by atoms with Gasteiger partial charge in [-0.2, -0.15) is 26.3 Å². The minimum Gasteiger partial charge on any atom is -0.478 e. The van der Waals surface area contributed by atoms with Gasteiger partial charge in [-0.1, -0.05) is 0 Å². The second-order valence-corrected chi connectivity index (χ2v) is 4.74. The normalized spacial score (nSPS) is 14.2. The second-order valence-electron chi connectivity index (χ2n) is 3.26. The summed E-state index contributed by atoms with van der Waals surface area (Å²) in [5, 5.41) is 8.54. The van der Waals surface area contributed by atoms with Crippen LogP contribution < -0.4 is 0 Å². The highest BCUT2D eigenvalue weighted by Crippen LogP contribution is 2.34. The number of alkyl halides is 6. The smallest absolute Gasteiger partial charge is 0.475 e. The lowest BCUT2D eigenvalue weighted by Crippen LogP contribution is -2.18. The number of carboxylic acid groups (broad SMARTS) is 1. The molecule has 1 rings (SSSR count). The number of hydrogen-bond donors (Lipinski definition) is 1. The molecular formula is C9H4F6O3S. The lowest BCUT2D eigenvalue weighted by atomic mass is 10.1. The minimum absolute atomic E-state index is 0.00996. The molecule has 1 aromatic rings. The average molecular weight is 306 g/mol. The van der Waals surface area contributed by atoms with Gasteiger partial charge in [0.2, 0.25) is 0 Å². The quantitative estimate of drug-likeness (QED) is 0.855. The van der Waals surface area contributed by atoms with Crippen LogP contribution in [0, 0.1) is 0 Å². The summed E-state index contributed by atoms with van der Waals surface area (Å²) in [5.74, 6) is -1.86. The van der Waals surface area contributed by atoms with Crippen molar-refractivity contribution in [3.8, 4) is 0 Å². The van der Waals surface area contributed by atoms with Crippen molar-refractivity contribution in [2.24, 2.45) is 0 Å². The summed E-state index contributed by atoms with van der Waals surface area (Å²) >= 11 is 0. The van der Waals surface area contributed by atoms with Crippen LogP contribution in [0.2, 0.25) is 0 Å². The lowest BCUT2D eigenvalue weighted by Gasteiger charge is -2.11. The van der Waals surface area contributed by atoms with Gasteiger partial charge in [-0.15, -0.1) is 0 Å². The Labute approximate surface area is 104 Å². The Morgan fingerprint density at radius 2 is 1.58 bits per heavy atom. The van der Waals surface area contributed by atoms with Crippen LogP contribution in [0.15, 0.2) is 23.1 Å². The molecule has 1 unspecified atom stereocenters. The van der Waals surface area contributed by atoms with Crippen LogP contribution >= 0.6 is 0 Å². The molecule has 1 atom stereocenters. The van der Waals surface area contributed by atoms with E-state index in [4.69, 9.17) is 5.11 Å². The molecule has 0 fully saturated rings. The van der Waals surface area contributed by atoms with E-state index in [2.05, 4.69) is 0 Å². The highest BCUT2D eigenvalue weighted by atomic mass is 32.2. The number of rotatable bonds is 2. The van der Waals surface area contributed by atoms with Crippen LogP contribution in [-0.4, -0.2) is 20.8 Å². The van der Waals surface area contributed by atoms with Crippen LogP contribution in [0.1, 0.15) is 15.9 Å². The van der Waals surface area contributed by atoms with Crippen molar-refractivity contribution in [1.29, 1.82) is 0 Å². The molecule has 0 aliphatic carbocycles. The number of aromatic carboxylic acids is 1. The highest BCUT2D eigenvalue weighted by molar-refractivity contribution is 7.86. The van der Waals surface area contributed by atoms with E-state index < -0.39 is 44.5 Å². The van der Waals surface area contributed by atoms with E-state index in [-0.39, 0.29) is 12.1 Å². The zero-order valence-electron chi connectivity index (χ0n) is 8.67. The van der Waals surface area contributed by atoms with Crippen LogP contribution in [0.25, 0.3) is 0 Å². The third kappa shape index (κ3) is 3.69. The van der Waals surface area contributed by atoms with E-state index in [0.29, 0.717) is 6.07 Å². The highest BCUT2D eigenvalue weighted by Gasteiger charge is 2.40. The van der Waals surface area contributed by atoms with Crippen LogP contribution in [-0.2, 0) is 17.0 Å². The van der Waals surface area contributed by atoms with Gasteiger partial charge in [-0.3, -0.25) is 0 Å². The Morgan fingerprint density at radius 1 is 1.05 bits per heavy atom. The molecule has 3 nitrogen and oxygen atoms in total. The van der Waals surface area contributed by atoms with Gasteiger partial charge in [0.25, 0.3) is 0 Å². The topological polar surface area (TPSA) is 54.4 Å². The van der Waals surface area contributed by atoms with Gasteiger partial charge in [-0.05, 0) is 18.2 Å². The fourth-order valence-electron chi connectivity index (χ4n) is 1.13. The second kappa shape index (κ2) is 4.83. The zero-order chi connectivity index (χ0) is 15.0. The zero-order valence-corrected chi connectivity index (χ0v) is 9.49. The van der Waals surface area contributed by atoms with Crippen molar-refractivity contribution in [2.75, 3.05) is 0 Å². The SMILES string of the molecule is O=C(O)c1cc(S(=O)C(F)(F)F)cc(C(F)(F)F)c1. The molecule has 0 heterocycles. The molecule has 19 heavy (non-hydrogen) atoms. The summed E-state index contributed by atoms with van der Waals surface area (Å²) in [6.07, 6.45) is -5.05. The molecular weight excluding hydrogens is 302 g/mol. The van der Waals surface area contributed by atoms with E-state index in [1.54, 1.807) is 0 Å². The van der Waals surface area contributed by atoms with E-state index in [1.807, 2.05) is 0 Å². The standard InChI is InChI=1S/C9H4F6O3S/c10-8(11,12)5-1-4(7(16)17)2-6(3-5)19(18)9(13,14)15/h1-3H,(H,16,17). The summed E-state index contributed by atoms with van der Waals surface area (Å²) in [7, 11) is -3.74. The van der Waals surface area contributed by atoms with Crippen molar-refractivity contribution in [3.05, 3.63) is 29.3 Å². The molecule has 0 aromatic heterocycles. The summed E-state index contributed by atoms with van der Waals surface area (Å²) in [6, 6.07) is 0.469. The summed E-state index contributed by atoms with van der Waals surface area (Å²) in [4.78, 5) is 9.29. The molecule has 10 heteroatoms. The fraction of sp³-hybridized carbons (Fsp3) is 0.222. The minimum atomic E-state index is -5.28. The molecule has 0 aliphatic rings. The number of carbonyl (C=O) groups is 1. The van der Waals surface area contributed by atoms with E-state index in [9.17, 15) is 35.3 Å². The average Bonchev–Trinajstić information content (AvgIpc) is 2.24. The first-order valence-electron chi connectivity index (χ1n) is 4.37. The number of halogens is 6.